The zero-order valence-corrected chi connectivity index (χ0v) is 14.0. The summed E-state index contributed by atoms with van der Waals surface area (Å²) in [4.78, 5) is 12.3. The van der Waals surface area contributed by atoms with E-state index in [1.807, 2.05) is 0 Å². The first-order chi connectivity index (χ1) is 10.5. The van der Waals surface area contributed by atoms with Crippen molar-refractivity contribution in [2.24, 2.45) is 0 Å². The van der Waals surface area contributed by atoms with E-state index in [0.29, 0.717) is 37.8 Å². The quantitative estimate of drug-likeness (QED) is 0.788. The Kier molecular flexibility index (Phi) is 5.40. The van der Waals surface area contributed by atoms with Crippen molar-refractivity contribution in [1.29, 1.82) is 0 Å². The molecular weight excluding hydrogens is 349 g/mol. The number of hydrogen-bond donors (Lipinski definition) is 1. The van der Waals surface area contributed by atoms with Gasteiger partial charge in [-0.1, -0.05) is 34.8 Å². The molecule has 0 unspecified atom stereocenters. The number of carbonyl (C=O) groups is 1. The zero-order valence-electron chi connectivity index (χ0n) is 11.7. The number of hydrogen-bond acceptors (Lipinski definition) is 3. The van der Waals surface area contributed by atoms with Gasteiger partial charge < -0.3 is 14.8 Å². The molecule has 0 fully saturated rings. The maximum absolute atomic E-state index is 12.3. The molecule has 22 heavy (non-hydrogen) atoms. The second-order valence-electron chi connectivity index (χ2n) is 4.27. The molecule has 2 aromatic carbocycles. The minimum absolute atomic E-state index is 0.295. The predicted molar refractivity (Wildman–Crippen MR) is 89.0 cm³/mol. The van der Waals surface area contributed by atoms with Crippen LogP contribution in [-0.4, -0.2) is 20.1 Å². The van der Waals surface area contributed by atoms with E-state index in [2.05, 4.69) is 5.32 Å². The maximum atomic E-state index is 12.3. The van der Waals surface area contributed by atoms with E-state index in [0.717, 1.165) is 0 Å². The number of carbonyl (C=O) groups excluding carboxylic acids is 1. The van der Waals surface area contributed by atoms with Gasteiger partial charge in [0, 0.05) is 5.56 Å². The smallest absolute Gasteiger partial charge is 0.255 e. The lowest BCUT2D eigenvalue weighted by Crippen LogP contribution is -2.12. The first kappa shape index (κ1) is 16.7. The molecule has 0 bridgehead atoms. The van der Waals surface area contributed by atoms with Crippen LogP contribution < -0.4 is 14.8 Å². The van der Waals surface area contributed by atoms with Crippen molar-refractivity contribution in [2.75, 3.05) is 19.5 Å². The molecule has 0 spiro atoms. The maximum Gasteiger partial charge on any atom is 0.255 e. The number of nitrogens with one attached hydrogen (secondary N) is 1. The Balaban J connectivity index is 2.28. The molecule has 0 aliphatic rings. The van der Waals surface area contributed by atoms with E-state index in [1.54, 1.807) is 18.2 Å². The Morgan fingerprint density at radius 1 is 0.909 bits per heavy atom. The Morgan fingerprint density at radius 2 is 1.55 bits per heavy atom. The van der Waals surface area contributed by atoms with Crippen molar-refractivity contribution >= 4 is 46.4 Å². The normalized spacial score (nSPS) is 10.2. The number of anilines is 1. The number of amides is 1. The fraction of sp³-hybridized carbons (Fsp3) is 0.133. The zero-order chi connectivity index (χ0) is 16.3. The molecule has 0 aromatic heterocycles. The van der Waals surface area contributed by atoms with E-state index >= 15 is 0 Å². The molecular formula is C15H12Cl3NO3. The summed E-state index contributed by atoms with van der Waals surface area (Å²) < 4.78 is 10.3. The predicted octanol–water partition coefficient (Wildman–Crippen LogP) is 4.92. The summed E-state index contributed by atoms with van der Waals surface area (Å²) in [6, 6.07) is 7.78. The van der Waals surface area contributed by atoms with Crippen LogP contribution in [0, 0.1) is 0 Å². The van der Waals surface area contributed by atoms with Gasteiger partial charge in [-0.2, -0.15) is 0 Å². The third kappa shape index (κ3) is 3.58. The Morgan fingerprint density at radius 3 is 2.18 bits per heavy atom. The lowest BCUT2D eigenvalue weighted by Gasteiger charge is -2.11. The molecule has 2 rings (SSSR count). The van der Waals surface area contributed by atoms with Crippen molar-refractivity contribution < 1.29 is 14.3 Å². The van der Waals surface area contributed by atoms with Gasteiger partial charge >= 0.3 is 0 Å². The standard InChI is InChI=1S/C15H12Cl3NO3/c1-21-13-4-3-8(5-14(13)22-2)15(20)19-12-7-10(17)9(16)6-11(12)18/h3-7H,1-2H3,(H,19,20). The van der Waals surface area contributed by atoms with Gasteiger partial charge in [0.05, 0.1) is 35.0 Å². The topological polar surface area (TPSA) is 47.6 Å². The van der Waals surface area contributed by atoms with Gasteiger partial charge in [-0.25, -0.2) is 0 Å². The Labute approximate surface area is 142 Å². The lowest BCUT2D eigenvalue weighted by atomic mass is 10.2. The van der Waals surface area contributed by atoms with Crippen LogP contribution in [-0.2, 0) is 0 Å². The van der Waals surface area contributed by atoms with Gasteiger partial charge in [0.25, 0.3) is 5.91 Å². The first-order valence-electron chi connectivity index (χ1n) is 6.14. The van der Waals surface area contributed by atoms with Gasteiger partial charge in [-0.3, -0.25) is 4.79 Å². The average Bonchev–Trinajstić information content (AvgIpc) is 2.51. The summed E-state index contributed by atoms with van der Waals surface area (Å²) in [5, 5.41) is 3.58. The van der Waals surface area contributed by atoms with Gasteiger partial charge in [0.15, 0.2) is 11.5 Å². The van der Waals surface area contributed by atoms with Crippen LogP contribution in [0.3, 0.4) is 0 Å². The van der Waals surface area contributed by atoms with Crippen molar-refractivity contribution in [1.82, 2.24) is 0 Å². The minimum atomic E-state index is -0.360. The van der Waals surface area contributed by atoms with Gasteiger partial charge in [0.1, 0.15) is 0 Å². The van der Waals surface area contributed by atoms with Gasteiger partial charge in [0.2, 0.25) is 0 Å². The van der Waals surface area contributed by atoms with Crippen molar-refractivity contribution in [3.05, 3.63) is 51.0 Å². The fourth-order valence-electron chi connectivity index (χ4n) is 1.79. The molecule has 0 aliphatic heterocycles. The van der Waals surface area contributed by atoms with Crippen LogP contribution in [0.1, 0.15) is 10.4 Å². The fourth-order valence-corrected chi connectivity index (χ4v) is 2.38. The highest BCUT2D eigenvalue weighted by Gasteiger charge is 2.13. The van der Waals surface area contributed by atoms with Crippen molar-refractivity contribution in [2.45, 2.75) is 0 Å². The van der Waals surface area contributed by atoms with Gasteiger partial charge in [-0.15, -0.1) is 0 Å². The highest BCUT2D eigenvalue weighted by Crippen LogP contribution is 2.33. The summed E-state index contributed by atoms with van der Waals surface area (Å²) in [7, 11) is 3.02. The third-order valence-electron chi connectivity index (χ3n) is 2.90. The van der Waals surface area contributed by atoms with E-state index in [-0.39, 0.29) is 5.91 Å². The second-order valence-corrected chi connectivity index (χ2v) is 5.49. The molecule has 0 saturated carbocycles. The number of halogens is 3. The molecule has 1 amide bonds. The highest BCUT2D eigenvalue weighted by molar-refractivity contribution is 6.44. The molecule has 0 radical (unpaired) electrons. The molecule has 116 valence electrons. The summed E-state index contributed by atoms with van der Waals surface area (Å²) in [6.45, 7) is 0. The molecule has 0 atom stereocenters. The second kappa shape index (κ2) is 7.09. The average molecular weight is 361 g/mol. The molecule has 4 nitrogen and oxygen atoms in total. The largest absolute Gasteiger partial charge is 0.493 e. The monoisotopic (exact) mass is 359 g/mol. The van der Waals surface area contributed by atoms with Crippen LogP contribution >= 0.6 is 34.8 Å². The van der Waals surface area contributed by atoms with E-state index in [9.17, 15) is 4.79 Å². The van der Waals surface area contributed by atoms with Crippen LogP contribution in [0.4, 0.5) is 5.69 Å². The van der Waals surface area contributed by atoms with Crippen molar-refractivity contribution in [3.8, 4) is 11.5 Å². The summed E-state index contributed by atoms with van der Waals surface area (Å²) in [5.74, 6) is 0.628. The Hall–Kier alpha value is -1.62. The molecule has 2 aromatic rings. The van der Waals surface area contributed by atoms with Crippen LogP contribution in [0.5, 0.6) is 11.5 Å². The molecule has 0 heterocycles. The lowest BCUT2D eigenvalue weighted by molar-refractivity contribution is 0.102. The summed E-state index contributed by atoms with van der Waals surface area (Å²) in [6.07, 6.45) is 0. The highest BCUT2D eigenvalue weighted by atomic mass is 35.5. The number of ether oxygens (including phenoxy) is 2. The molecule has 1 N–H and O–H groups in total. The van der Waals surface area contributed by atoms with E-state index in [1.165, 1.54) is 26.4 Å². The molecule has 0 aliphatic carbocycles. The molecule has 7 heteroatoms. The van der Waals surface area contributed by atoms with E-state index in [4.69, 9.17) is 44.3 Å². The SMILES string of the molecule is COc1ccc(C(=O)Nc2cc(Cl)c(Cl)cc2Cl)cc1OC. The van der Waals surface area contributed by atoms with Crippen LogP contribution in [0.25, 0.3) is 0 Å². The molecule has 0 saturated heterocycles. The minimum Gasteiger partial charge on any atom is -0.493 e. The number of methoxy groups -OCH3 is 2. The van der Waals surface area contributed by atoms with Crippen molar-refractivity contribution in [3.63, 3.8) is 0 Å². The summed E-state index contributed by atoms with van der Waals surface area (Å²) in [5.41, 5.74) is 0.760. The third-order valence-corrected chi connectivity index (χ3v) is 3.94. The van der Waals surface area contributed by atoms with Crippen LogP contribution in [0.2, 0.25) is 15.1 Å². The number of rotatable bonds is 4. The van der Waals surface area contributed by atoms with Crippen LogP contribution in [0.15, 0.2) is 30.3 Å². The van der Waals surface area contributed by atoms with Gasteiger partial charge in [-0.05, 0) is 30.3 Å². The first-order valence-corrected chi connectivity index (χ1v) is 7.27. The number of benzene rings is 2. The summed E-state index contributed by atoms with van der Waals surface area (Å²) >= 11 is 17.8. The Bertz CT molecular complexity index is 719. The van der Waals surface area contributed by atoms with E-state index < -0.39 is 0 Å².